The van der Waals surface area contributed by atoms with Gasteiger partial charge in [-0.25, -0.2) is 0 Å². The average molecular weight is 322 g/mol. The van der Waals surface area contributed by atoms with E-state index in [0.29, 0.717) is 23.3 Å². The fourth-order valence-electron chi connectivity index (χ4n) is 3.02. The Morgan fingerprint density at radius 3 is 2.26 bits per heavy atom. The number of methoxy groups -OCH3 is 3. The molecule has 2 rings (SSSR count). The predicted molar refractivity (Wildman–Crippen MR) is 89.7 cm³/mol. The molecule has 128 valence electrons. The summed E-state index contributed by atoms with van der Waals surface area (Å²) in [6.07, 6.45) is 1.71. The maximum atomic E-state index is 12.8. The van der Waals surface area contributed by atoms with Crippen LogP contribution < -0.4 is 24.4 Å². The first-order chi connectivity index (χ1) is 11.0. The largest absolute Gasteiger partial charge is 0.493 e. The number of hydrogen-bond acceptors (Lipinski definition) is 5. The number of anilines is 1. The lowest BCUT2D eigenvalue weighted by Crippen LogP contribution is -2.43. The lowest BCUT2D eigenvalue weighted by Gasteiger charge is -2.30. The van der Waals surface area contributed by atoms with Gasteiger partial charge >= 0.3 is 0 Å². The minimum Gasteiger partial charge on any atom is -0.493 e. The van der Waals surface area contributed by atoms with E-state index in [0.717, 1.165) is 25.1 Å². The first-order valence-corrected chi connectivity index (χ1v) is 7.82. The lowest BCUT2D eigenvalue weighted by atomic mass is 9.92. The van der Waals surface area contributed by atoms with Gasteiger partial charge < -0.3 is 24.4 Å². The van der Waals surface area contributed by atoms with Crippen molar-refractivity contribution in [1.29, 1.82) is 0 Å². The minimum atomic E-state index is 0.0374. The third kappa shape index (κ3) is 3.69. The molecule has 1 heterocycles. The highest BCUT2D eigenvalue weighted by molar-refractivity contribution is 5.95. The van der Waals surface area contributed by atoms with E-state index in [2.05, 4.69) is 12.2 Å². The minimum absolute atomic E-state index is 0.0374. The van der Waals surface area contributed by atoms with Gasteiger partial charge in [-0.1, -0.05) is 0 Å². The Labute approximate surface area is 137 Å². The zero-order valence-corrected chi connectivity index (χ0v) is 14.5. The molecule has 1 fully saturated rings. The second-order valence-corrected chi connectivity index (χ2v) is 5.86. The van der Waals surface area contributed by atoms with Crippen molar-refractivity contribution in [2.45, 2.75) is 25.8 Å². The summed E-state index contributed by atoms with van der Waals surface area (Å²) >= 11 is 0. The SMILES string of the molecule is COc1cc(N(C)C(=O)[C@H]2CCN[C@@H](C)C2)cc(OC)c1OC. The molecule has 1 N–H and O–H groups in total. The number of benzene rings is 1. The molecule has 6 heteroatoms. The molecule has 0 unspecified atom stereocenters. The number of nitrogens with zero attached hydrogens (tertiary/aromatic N) is 1. The van der Waals surface area contributed by atoms with Gasteiger partial charge in [0, 0.05) is 31.1 Å². The van der Waals surface area contributed by atoms with Crippen molar-refractivity contribution in [3.8, 4) is 17.2 Å². The maximum Gasteiger partial charge on any atom is 0.229 e. The van der Waals surface area contributed by atoms with E-state index in [1.165, 1.54) is 0 Å². The Balaban J connectivity index is 2.27. The fraction of sp³-hybridized carbons (Fsp3) is 0.588. The smallest absolute Gasteiger partial charge is 0.229 e. The zero-order valence-electron chi connectivity index (χ0n) is 14.5. The Morgan fingerprint density at radius 1 is 1.17 bits per heavy atom. The van der Waals surface area contributed by atoms with Crippen molar-refractivity contribution >= 4 is 11.6 Å². The second-order valence-electron chi connectivity index (χ2n) is 5.86. The third-order valence-corrected chi connectivity index (χ3v) is 4.34. The van der Waals surface area contributed by atoms with Crippen LogP contribution in [0.4, 0.5) is 5.69 Å². The molecule has 6 nitrogen and oxygen atoms in total. The summed E-state index contributed by atoms with van der Waals surface area (Å²) < 4.78 is 16.0. The molecule has 0 spiro atoms. The van der Waals surface area contributed by atoms with Crippen LogP contribution in [0.5, 0.6) is 17.2 Å². The van der Waals surface area contributed by atoms with Crippen molar-refractivity contribution in [3.63, 3.8) is 0 Å². The van der Waals surface area contributed by atoms with E-state index in [1.54, 1.807) is 45.4 Å². The molecular weight excluding hydrogens is 296 g/mol. The van der Waals surface area contributed by atoms with Crippen LogP contribution in [0.3, 0.4) is 0 Å². The first kappa shape index (κ1) is 17.4. The van der Waals surface area contributed by atoms with E-state index in [1.807, 2.05) is 0 Å². The Hall–Kier alpha value is -1.95. The van der Waals surface area contributed by atoms with E-state index < -0.39 is 0 Å². The molecule has 0 radical (unpaired) electrons. The standard InChI is InChI=1S/C17H26N2O4/c1-11-8-12(6-7-18-11)17(20)19(2)13-9-14(21-3)16(23-5)15(10-13)22-4/h9-12,18H,6-8H2,1-5H3/t11-,12-/m0/s1. The van der Waals surface area contributed by atoms with Crippen molar-refractivity contribution in [2.75, 3.05) is 39.8 Å². The Kier molecular flexibility index (Phi) is 5.71. The van der Waals surface area contributed by atoms with Gasteiger partial charge in [-0.2, -0.15) is 0 Å². The third-order valence-electron chi connectivity index (χ3n) is 4.34. The van der Waals surface area contributed by atoms with Crippen molar-refractivity contribution < 1.29 is 19.0 Å². The van der Waals surface area contributed by atoms with Crippen LogP contribution in [0.25, 0.3) is 0 Å². The van der Waals surface area contributed by atoms with E-state index >= 15 is 0 Å². The van der Waals surface area contributed by atoms with Crippen molar-refractivity contribution in [3.05, 3.63) is 12.1 Å². The highest BCUT2D eigenvalue weighted by Crippen LogP contribution is 2.41. The molecule has 1 amide bonds. The van der Waals surface area contributed by atoms with Crippen LogP contribution in [-0.4, -0.2) is 46.9 Å². The van der Waals surface area contributed by atoms with Crippen LogP contribution in [0, 0.1) is 5.92 Å². The first-order valence-electron chi connectivity index (χ1n) is 7.82. The molecule has 23 heavy (non-hydrogen) atoms. The number of amides is 1. The Morgan fingerprint density at radius 2 is 1.78 bits per heavy atom. The summed E-state index contributed by atoms with van der Waals surface area (Å²) in [5, 5.41) is 3.37. The molecule has 0 saturated carbocycles. The van der Waals surface area contributed by atoms with Gasteiger partial charge in [-0.15, -0.1) is 0 Å². The average Bonchev–Trinajstić information content (AvgIpc) is 2.58. The molecule has 2 atom stereocenters. The number of carbonyl (C=O) groups excluding carboxylic acids is 1. The van der Waals surface area contributed by atoms with E-state index in [4.69, 9.17) is 14.2 Å². The molecule has 1 aromatic carbocycles. The van der Waals surface area contributed by atoms with Gasteiger partial charge in [0.2, 0.25) is 11.7 Å². The molecule has 1 saturated heterocycles. The summed E-state index contributed by atoms with van der Waals surface area (Å²) in [5.41, 5.74) is 0.732. The van der Waals surface area contributed by atoms with Crippen molar-refractivity contribution in [1.82, 2.24) is 5.32 Å². The monoisotopic (exact) mass is 322 g/mol. The number of piperidine rings is 1. The summed E-state index contributed by atoms with van der Waals surface area (Å²) in [4.78, 5) is 14.5. The molecule has 1 aliphatic heterocycles. The summed E-state index contributed by atoms with van der Waals surface area (Å²) in [5.74, 6) is 1.76. The molecule has 1 aliphatic rings. The number of hydrogen-bond donors (Lipinski definition) is 1. The maximum absolute atomic E-state index is 12.8. The normalized spacial score (nSPS) is 20.7. The van der Waals surface area contributed by atoms with Crippen LogP contribution in [0.15, 0.2) is 12.1 Å². The van der Waals surface area contributed by atoms with Crippen LogP contribution in [-0.2, 0) is 4.79 Å². The second kappa shape index (κ2) is 7.55. The fourth-order valence-corrected chi connectivity index (χ4v) is 3.02. The highest BCUT2D eigenvalue weighted by Gasteiger charge is 2.28. The number of carbonyl (C=O) groups is 1. The topological polar surface area (TPSA) is 60.0 Å². The van der Waals surface area contributed by atoms with Gasteiger partial charge in [-0.3, -0.25) is 4.79 Å². The van der Waals surface area contributed by atoms with Gasteiger partial charge in [0.05, 0.1) is 27.0 Å². The molecule has 0 aliphatic carbocycles. The molecule has 0 bridgehead atoms. The highest BCUT2D eigenvalue weighted by atomic mass is 16.5. The van der Waals surface area contributed by atoms with Gasteiger partial charge in [0.1, 0.15) is 0 Å². The number of rotatable bonds is 5. The van der Waals surface area contributed by atoms with Crippen LogP contribution >= 0.6 is 0 Å². The van der Waals surface area contributed by atoms with Crippen LogP contribution in [0.1, 0.15) is 19.8 Å². The molecule has 0 aromatic heterocycles. The van der Waals surface area contributed by atoms with E-state index in [-0.39, 0.29) is 11.8 Å². The summed E-state index contributed by atoms with van der Waals surface area (Å²) in [6, 6.07) is 3.96. The van der Waals surface area contributed by atoms with Gasteiger partial charge in [0.15, 0.2) is 11.5 Å². The van der Waals surface area contributed by atoms with Gasteiger partial charge in [-0.05, 0) is 26.3 Å². The number of nitrogens with one attached hydrogen (secondary N) is 1. The summed E-state index contributed by atoms with van der Waals surface area (Å²) in [7, 11) is 6.48. The number of ether oxygens (including phenoxy) is 3. The Bertz CT molecular complexity index is 537. The van der Waals surface area contributed by atoms with Gasteiger partial charge in [0.25, 0.3) is 0 Å². The molecular formula is C17H26N2O4. The van der Waals surface area contributed by atoms with Crippen molar-refractivity contribution in [2.24, 2.45) is 5.92 Å². The quantitative estimate of drug-likeness (QED) is 0.899. The molecule has 1 aromatic rings. The predicted octanol–water partition coefficient (Wildman–Crippen LogP) is 2.06. The summed E-state index contributed by atoms with van der Waals surface area (Å²) in [6.45, 7) is 2.99. The zero-order chi connectivity index (χ0) is 17.0. The lowest BCUT2D eigenvalue weighted by molar-refractivity contribution is -0.123. The van der Waals surface area contributed by atoms with Crippen LogP contribution in [0.2, 0.25) is 0 Å². The van der Waals surface area contributed by atoms with E-state index in [9.17, 15) is 4.79 Å².